The van der Waals surface area contributed by atoms with Crippen LogP contribution in [0.25, 0.3) is 0 Å². The minimum absolute atomic E-state index is 0. The summed E-state index contributed by atoms with van der Waals surface area (Å²) in [6.07, 6.45) is 11.5. The van der Waals surface area contributed by atoms with E-state index in [0.717, 1.165) is 70.0 Å². The van der Waals surface area contributed by atoms with Crippen LogP contribution in [0, 0.1) is 25.7 Å². The van der Waals surface area contributed by atoms with Gasteiger partial charge in [0, 0.05) is 84.1 Å². The van der Waals surface area contributed by atoms with Gasteiger partial charge in [-0.3, -0.25) is 18.6 Å². The van der Waals surface area contributed by atoms with Crippen molar-refractivity contribution in [2.45, 2.75) is 303 Å². The first-order valence-electron chi connectivity index (χ1n) is 38.7. The van der Waals surface area contributed by atoms with Gasteiger partial charge in [-0.2, -0.15) is 16.8 Å². The summed E-state index contributed by atoms with van der Waals surface area (Å²) in [5.41, 5.74) is 8.59. The molecule has 4 N–H and O–H groups in total. The summed E-state index contributed by atoms with van der Waals surface area (Å²) in [5.74, 6) is -1.06. The molecule has 2 fully saturated rings. The van der Waals surface area contributed by atoms with Crippen molar-refractivity contribution in [3.63, 3.8) is 0 Å². The molecule has 122 heavy (non-hydrogen) atoms. The Kier molecular flexibility index (Phi) is 48.0. The van der Waals surface area contributed by atoms with E-state index in [1.165, 1.54) is 46.5 Å². The maximum atomic E-state index is 14.1. The second-order valence-corrected chi connectivity index (χ2v) is 54.3. The van der Waals surface area contributed by atoms with Gasteiger partial charge in [-0.15, -0.1) is 22.7 Å². The van der Waals surface area contributed by atoms with Gasteiger partial charge < -0.3 is 43.9 Å². The summed E-state index contributed by atoms with van der Waals surface area (Å²) in [7, 11) is -6.62. The smallest absolute Gasteiger partial charge is 0.350 e. The molecule has 2 saturated carbocycles. The monoisotopic (exact) mass is 1910 g/mol. The summed E-state index contributed by atoms with van der Waals surface area (Å²) in [5, 5.41) is 27.3. The number of hydrogen-bond acceptors (Lipinski definition) is 26. The highest BCUT2D eigenvalue weighted by Crippen LogP contribution is 2.49. The molecule has 0 amide bonds. The third-order valence-electron chi connectivity index (χ3n) is 20.6. The molecule has 2 aromatic carbocycles. The molecule has 36 heteroatoms. The topological polar surface area (TPSA) is 355 Å². The Bertz CT molecular complexity index is 4700. The van der Waals surface area contributed by atoms with Crippen molar-refractivity contribution in [2.75, 3.05) is 49.1 Å². The number of nitrogens with one attached hydrogen (secondary N) is 2. The first kappa shape index (κ1) is 117. The van der Waals surface area contributed by atoms with Gasteiger partial charge in [0.25, 0.3) is 16.2 Å². The van der Waals surface area contributed by atoms with Gasteiger partial charge in [0.1, 0.15) is 42.1 Å². The molecule has 6 heterocycles. The Balaban J connectivity index is 0.00000182. The number of ether oxygens (including phenoxy) is 3. The number of esters is 1. The normalized spacial score (nSPS) is 18.8. The van der Waals surface area contributed by atoms with Crippen molar-refractivity contribution in [3.05, 3.63) is 148 Å². The molecule has 8 atom stereocenters. The summed E-state index contributed by atoms with van der Waals surface area (Å²) in [6.45, 7) is 42.7. The molecule has 25 nitrogen and oxygen atoms in total. The van der Waals surface area contributed by atoms with E-state index in [2.05, 4.69) is 135 Å². The molecular formula is C86H139Cl4N7O18S5Si2. The number of aryl methyl sites for hydroxylation is 2. The molecule has 0 saturated heterocycles. The fourth-order valence-corrected chi connectivity index (χ4v) is 31.0. The van der Waals surface area contributed by atoms with Crippen LogP contribution in [0.5, 0.6) is 0 Å². The average Bonchev–Trinajstić information content (AvgIpc) is 1.59. The Morgan fingerprint density at radius 3 is 1.27 bits per heavy atom. The van der Waals surface area contributed by atoms with Gasteiger partial charge in [-0.05, 0) is 197 Å². The highest BCUT2D eigenvalue weighted by atomic mass is 35.7. The van der Waals surface area contributed by atoms with Crippen molar-refractivity contribution < 1.29 is 81.9 Å². The summed E-state index contributed by atoms with van der Waals surface area (Å²) < 4.78 is 103. The molecular weight excluding hydrogens is 1780 g/mol. The van der Waals surface area contributed by atoms with Gasteiger partial charge in [0.2, 0.25) is 37.3 Å². The minimum Gasteiger partial charge on any atom is -0.459 e. The number of isocyanates is 1. The van der Waals surface area contributed by atoms with Gasteiger partial charge >= 0.3 is 15.2 Å². The maximum Gasteiger partial charge on any atom is 0.350 e. The number of benzene rings is 2. The maximum absolute atomic E-state index is 14.1. The van der Waals surface area contributed by atoms with Crippen molar-refractivity contribution in [2.24, 2.45) is 16.2 Å². The van der Waals surface area contributed by atoms with E-state index < -0.39 is 68.0 Å². The molecule has 10 rings (SSSR count). The van der Waals surface area contributed by atoms with Crippen LogP contribution in [0.1, 0.15) is 281 Å². The standard InChI is InChI=1S/C35H48ClN3O6S2Si.C34H46ClN3O4SSi.C6H11ClO4S.C4H10O.CClNO3S.6CH4/c1-20(2)48(21(3)4,22(5)6)45-31-15-27(13-25(31)18-44-47(8,41)42)39-35-30(17-37-19-38-35)33(40)32-16-28(23(7)46-32)34-29-14-26(36)10-9-24(29)11-12-43-34;1-19(2)44(20(3)4,21(5)6)42-30-14-26(12-24(30)17-39)38-34-29(16-36-18-37-34)32(40)31-15-27(22(7)43-31)33-28-13-25(35)9-8-23(28)10-11-41-33;1-6(2,3)11-5(8)4-12(7,9)10;1-4(2,3)5;2-7(5,6)3-1-4;;;;;;/h9-10,14,16-17,19-22,25,27,31,34H,11-13,15,18H2,1-8H3,(H,37,38,39);8-9,13,15-16,18-21,24,26,30,33,39H,10-12,14,17H2,1-7H3,(H,36,37,38);4H2,1-3H3;5H,1-3H3;;6*1H4/t25-,27-,31+,34+;24-,26-,30+,33+;;;;;;;;;/m11........./s1. The number of nitrogens with zero attached hydrogens (tertiary/aromatic N) is 5. The molecule has 4 aromatic heterocycles. The number of aliphatic hydroxyl groups is 2. The lowest BCUT2D eigenvalue weighted by Crippen LogP contribution is -2.51. The molecule has 6 aromatic rings. The van der Waals surface area contributed by atoms with E-state index in [9.17, 15) is 44.7 Å². The Morgan fingerprint density at radius 2 is 0.959 bits per heavy atom. The van der Waals surface area contributed by atoms with E-state index in [1.54, 1.807) is 53.9 Å². The van der Waals surface area contributed by atoms with E-state index >= 15 is 0 Å². The van der Waals surface area contributed by atoms with Crippen LogP contribution < -0.4 is 10.6 Å². The largest absolute Gasteiger partial charge is 0.459 e. The second kappa shape index (κ2) is 50.1. The molecule has 4 aliphatic rings. The van der Waals surface area contributed by atoms with Crippen LogP contribution in [0.15, 0.2) is 78.0 Å². The van der Waals surface area contributed by atoms with E-state index in [0.29, 0.717) is 102 Å². The molecule has 0 spiro atoms. The zero-order valence-corrected chi connectivity index (χ0v) is 79.1. The summed E-state index contributed by atoms with van der Waals surface area (Å²) in [4.78, 5) is 68.5. The van der Waals surface area contributed by atoms with Crippen molar-refractivity contribution in [1.82, 2.24) is 19.9 Å². The number of aromatic nitrogens is 4. The number of hydrogen-bond donors (Lipinski definition) is 4. The number of fused-ring (bicyclic) bond motifs is 2. The lowest BCUT2D eigenvalue weighted by atomic mass is 9.93. The third-order valence-corrected chi connectivity index (χ3v) is 37.4. The van der Waals surface area contributed by atoms with Gasteiger partial charge in [0.05, 0.1) is 64.8 Å². The summed E-state index contributed by atoms with van der Waals surface area (Å²) >= 11 is 15.6. The number of carbonyl (C=O) groups excluding carboxylic acids is 4. The zero-order chi connectivity index (χ0) is 87.1. The quantitative estimate of drug-likeness (QED) is 0.00708. The molecule has 0 bridgehead atoms. The van der Waals surface area contributed by atoms with Gasteiger partial charge in [-0.25, -0.2) is 33.1 Å². The van der Waals surface area contributed by atoms with Crippen molar-refractivity contribution in [3.8, 4) is 0 Å². The lowest BCUT2D eigenvalue weighted by molar-refractivity contribution is -0.151. The molecule has 0 unspecified atom stereocenters. The van der Waals surface area contributed by atoms with Crippen molar-refractivity contribution >= 4 is 148 Å². The van der Waals surface area contributed by atoms with Gasteiger partial charge in [-0.1, -0.05) is 167 Å². The van der Waals surface area contributed by atoms with Crippen LogP contribution >= 0.6 is 67.2 Å². The lowest BCUT2D eigenvalue weighted by Gasteiger charge is -2.45. The SMILES string of the molecule is C.C.C.C.C.C.CC(C)(C)O.CC(C)(C)OC(=O)CS(=O)(=O)Cl.Cc1sc(C(=O)c2cncnc2N[C@@H]2C[C@H](CO)[C@@H](O[Si](C(C)C)(C(C)C)C(C)C)C2)cc1[C@@H]1OCCc2ccc(Cl)cc21.Cc1sc(C(=O)c2cncnc2N[C@@H]2C[C@H](COS(C)(=O)=O)[C@@H](O[Si](C(C)C)(C(C)C)C(C)C)C2)cc1[C@@H]1OCCc2ccc(Cl)cc21.O=C=NS(=O)(=O)Cl. The number of anilines is 2. The van der Waals surface area contributed by atoms with Gasteiger partial charge in [0.15, 0.2) is 5.75 Å². The third kappa shape index (κ3) is 33.5. The molecule has 2 aliphatic heterocycles. The van der Waals surface area contributed by atoms with Crippen LogP contribution in [0.2, 0.25) is 43.3 Å². The zero-order valence-electron chi connectivity index (χ0n) is 70.0. The first-order chi connectivity index (χ1) is 53.7. The average molecular weight is 1920 g/mol. The second-order valence-electron chi connectivity index (χ2n) is 33.5. The van der Waals surface area contributed by atoms with Crippen molar-refractivity contribution in [1.29, 1.82) is 0 Å². The first-order valence-corrected chi connectivity index (χ1v) is 51.9. The number of ketones is 2. The highest BCUT2D eigenvalue weighted by molar-refractivity contribution is 8.14. The van der Waals surface area contributed by atoms with Crippen LogP contribution in [-0.2, 0) is 78.1 Å². The van der Waals surface area contributed by atoms with Crippen LogP contribution in [0.4, 0.5) is 11.6 Å². The minimum atomic E-state index is -4.00. The predicted molar refractivity (Wildman–Crippen MR) is 506 cm³/mol. The Hall–Kier alpha value is -5.05. The van der Waals surface area contributed by atoms with E-state index in [-0.39, 0.29) is 118 Å². The number of rotatable bonds is 27. The number of thiophene rings is 2. The molecule has 0 radical (unpaired) electrons. The molecule has 2 aliphatic carbocycles. The Labute approximate surface area is 758 Å². The van der Waals surface area contributed by atoms with E-state index in [1.807, 2.05) is 56.3 Å². The Morgan fingerprint density at radius 1 is 0.598 bits per heavy atom. The molecule has 692 valence electrons. The number of carbonyl (C=O) groups is 3. The van der Waals surface area contributed by atoms with Crippen LogP contribution in [-0.4, -0.2) is 170 Å². The summed E-state index contributed by atoms with van der Waals surface area (Å²) in [6, 6.07) is 15.6. The predicted octanol–water partition coefficient (Wildman–Crippen LogP) is 21.6. The number of halogens is 4. The van der Waals surface area contributed by atoms with Crippen LogP contribution in [0.3, 0.4) is 0 Å². The van der Waals surface area contributed by atoms with E-state index in [4.69, 9.17) is 71.0 Å². The highest BCUT2D eigenvalue weighted by Gasteiger charge is 2.52. The number of aliphatic hydroxyl groups excluding tert-OH is 1. The fourth-order valence-electron chi connectivity index (χ4n) is 16.1. The fraction of sp³-hybridized carbons (Fsp3) is 0.628.